The van der Waals surface area contributed by atoms with Crippen molar-refractivity contribution in [3.63, 3.8) is 0 Å². The first-order chi connectivity index (χ1) is 13.7. The number of para-hydroxylation sites is 2. The molecule has 0 spiro atoms. The Balaban J connectivity index is 1.48. The minimum atomic E-state index is -0.382. The zero-order valence-electron chi connectivity index (χ0n) is 14.5. The highest BCUT2D eigenvalue weighted by Gasteiger charge is 2.16. The van der Waals surface area contributed by atoms with Gasteiger partial charge < -0.3 is 9.73 Å². The number of furan rings is 1. The molecule has 28 heavy (non-hydrogen) atoms. The lowest BCUT2D eigenvalue weighted by atomic mass is 10.2. The number of nitrogens with one attached hydrogen (secondary N) is 1. The van der Waals surface area contributed by atoms with Crippen molar-refractivity contribution in [2.45, 2.75) is 0 Å². The molecule has 0 atom stereocenters. The lowest BCUT2D eigenvalue weighted by Gasteiger charge is -2.05. The van der Waals surface area contributed by atoms with Gasteiger partial charge >= 0.3 is 0 Å². The molecule has 136 valence electrons. The average Bonchev–Trinajstić information content (AvgIpc) is 3.33. The van der Waals surface area contributed by atoms with Crippen LogP contribution in [0.2, 0.25) is 5.02 Å². The van der Waals surface area contributed by atoms with Gasteiger partial charge in [0.15, 0.2) is 5.76 Å². The van der Waals surface area contributed by atoms with Gasteiger partial charge in [-0.25, -0.2) is 0 Å². The first-order valence-corrected chi connectivity index (χ1v) is 8.97. The van der Waals surface area contributed by atoms with E-state index in [1.165, 1.54) is 4.80 Å². The van der Waals surface area contributed by atoms with Crippen molar-refractivity contribution in [2.24, 2.45) is 0 Å². The zero-order valence-corrected chi connectivity index (χ0v) is 15.2. The Morgan fingerprint density at radius 2 is 1.64 bits per heavy atom. The summed E-state index contributed by atoms with van der Waals surface area (Å²) in [7, 11) is 0. The highest BCUT2D eigenvalue weighted by Crippen LogP contribution is 2.28. The number of rotatable bonds is 3. The van der Waals surface area contributed by atoms with Gasteiger partial charge in [0, 0.05) is 5.39 Å². The van der Waals surface area contributed by atoms with Gasteiger partial charge in [-0.1, -0.05) is 48.0 Å². The van der Waals surface area contributed by atoms with Gasteiger partial charge in [0.05, 0.1) is 16.4 Å². The smallest absolute Gasteiger partial charge is 0.291 e. The Hall–Kier alpha value is -3.64. The second-order valence-electron chi connectivity index (χ2n) is 6.25. The predicted octanol–water partition coefficient (Wildman–Crippen LogP) is 5.07. The Bertz CT molecular complexity index is 1290. The molecule has 1 amide bonds. The van der Waals surface area contributed by atoms with E-state index in [0.717, 1.165) is 11.1 Å². The van der Waals surface area contributed by atoms with Crippen LogP contribution in [0.1, 0.15) is 10.6 Å². The van der Waals surface area contributed by atoms with Crippen molar-refractivity contribution in [2.75, 3.05) is 5.32 Å². The second-order valence-corrected chi connectivity index (χ2v) is 6.66. The molecule has 2 heterocycles. The average molecular weight is 389 g/mol. The first kappa shape index (κ1) is 16.5. The van der Waals surface area contributed by atoms with E-state index < -0.39 is 0 Å². The van der Waals surface area contributed by atoms with Crippen molar-refractivity contribution >= 4 is 45.2 Å². The van der Waals surface area contributed by atoms with Gasteiger partial charge in [-0.3, -0.25) is 4.79 Å². The number of aromatic nitrogens is 3. The monoisotopic (exact) mass is 388 g/mol. The Morgan fingerprint density at radius 1 is 0.929 bits per heavy atom. The summed E-state index contributed by atoms with van der Waals surface area (Å²) >= 11 is 6.35. The highest BCUT2D eigenvalue weighted by molar-refractivity contribution is 6.34. The van der Waals surface area contributed by atoms with E-state index in [1.807, 2.05) is 54.6 Å². The van der Waals surface area contributed by atoms with Crippen LogP contribution in [0.25, 0.3) is 27.7 Å². The molecule has 0 radical (unpaired) electrons. The van der Waals surface area contributed by atoms with E-state index in [0.29, 0.717) is 27.3 Å². The molecule has 7 heteroatoms. The normalized spacial score (nSPS) is 11.2. The number of hydrogen-bond donors (Lipinski definition) is 1. The fourth-order valence-electron chi connectivity index (χ4n) is 2.99. The molecule has 0 aliphatic rings. The molecule has 0 fully saturated rings. The van der Waals surface area contributed by atoms with E-state index in [9.17, 15) is 4.79 Å². The van der Waals surface area contributed by atoms with Gasteiger partial charge in [0.25, 0.3) is 5.91 Å². The number of fused-ring (bicyclic) bond motifs is 2. The third-order valence-corrected chi connectivity index (χ3v) is 4.67. The van der Waals surface area contributed by atoms with Crippen LogP contribution in [0.15, 0.2) is 77.2 Å². The van der Waals surface area contributed by atoms with Crippen LogP contribution in [0.5, 0.6) is 0 Å². The summed E-state index contributed by atoms with van der Waals surface area (Å²) < 4.78 is 5.60. The number of halogens is 1. The summed E-state index contributed by atoms with van der Waals surface area (Å²) in [6, 6.07) is 22.1. The fourth-order valence-corrected chi connectivity index (χ4v) is 3.19. The summed E-state index contributed by atoms with van der Waals surface area (Å²) in [5.41, 5.74) is 3.19. The van der Waals surface area contributed by atoms with Gasteiger partial charge in [-0.05, 0) is 36.4 Å². The minimum absolute atomic E-state index is 0.213. The molecule has 2 aromatic heterocycles. The number of hydrogen-bond acceptors (Lipinski definition) is 4. The van der Waals surface area contributed by atoms with E-state index in [-0.39, 0.29) is 11.7 Å². The molecular weight excluding hydrogens is 376 g/mol. The molecule has 0 unspecified atom stereocenters. The topological polar surface area (TPSA) is 73.0 Å². The summed E-state index contributed by atoms with van der Waals surface area (Å²) in [5.74, 6) is -0.168. The van der Waals surface area contributed by atoms with Crippen LogP contribution in [0.4, 0.5) is 5.69 Å². The maximum absolute atomic E-state index is 12.6. The number of anilines is 1. The number of carbonyl (C=O) groups excluding carboxylic acids is 1. The maximum atomic E-state index is 12.6. The second kappa shape index (κ2) is 6.51. The maximum Gasteiger partial charge on any atom is 0.291 e. The highest BCUT2D eigenvalue weighted by atomic mass is 35.5. The van der Waals surface area contributed by atoms with Gasteiger partial charge in [0.1, 0.15) is 16.6 Å². The zero-order chi connectivity index (χ0) is 19.1. The van der Waals surface area contributed by atoms with Crippen LogP contribution in [0.3, 0.4) is 0 Å². The molecule has 3 aromatic carbocycles. The number of benzene rings is 3. The molecule has 0 saturated heterocycles. The molecule has 0 aliphatic carbocycles. The lowest BCUT2D eigenvalue weighted by molar-refractivity contribution is 0.0998. The van der Waals surface area contributed by atoms with Crippen LogP contribution in [-0.2, 0) is 0 Å². The van der Waals surface area contributed by atoms with Crippen molar-refractivity contribution in [3.8, 4) is 5.69 Å². The van der Waals surface area contributed by atoms with E-state index in [2.05, 4.69) is 15.5 Å². The molecule has 0 bridgehead atoms. The Labute approximate surface area is 164 Å². The van der Waals surface area contributed by atoms with E-state index >= 15 is 0 Å². The third kappa shape index (κ3) is 2.90. The van der Waals surface area contributed by atoms with Gasteiger partial charge in [-0.15, -0.1) is 10.2 Å². The SMILES string of the molecule is O=C(Nc1cc2nn(-c3ccccc3)nc2cc1Cl)c1cc2ccccc2o1. The number of nitrogens with zero attached hydrogens (tertiary/aromatic N) is 3. The largest absolute Gasteiger partial charge is 0.451 e. The molecule has 0 aliphatic heterocycles. The minimum Gasteiger partial charge on any atom is -0.451 e. The summed E-state index contributed by atoms with van der Waals surface area (Å²) in [5, 5.41) is 12.9. The van der Waals surface area contributed by atoms with Crippen molar-refractivity contribution in [1.29, 1.82) is 0 Å². The third-order valence-electron chi connectivity index (χ3n) is 4.35. The Morgan fingerprint density at radius 3 is 2.43 bits per heavy atom. The van der Waals surface area contributed by atoms with Gasteiger partial charge in [-0.2, -0.15) is 4.80 Å². The van der Waals surface area contributed by atoms with Crippen LogP contribution < -0.4 is 5.32 Å². The summed E-state index contributed by atoms with van der Waals surface area (Å²) in [6.45, 7) is 0. The number of amides is 1. The van der Waals surface area contributed by atoms with Crippen LogP contribution >= 0.6 is 11.6 Å². The van der Waals surface area contributed by atoms with E-state index in [4.69, 9.17) is 16.0 Å². The molecule has 1 N–H and O–H groups in total. The van der Waals surface area contributed by atoms with Gasteiger partial charge in [0.2, 0.25) is 0 Å². The van der Waals surface area contributed by atoms with Crippen molar-refractivity contribution in [1.82, 2.24) is 15.0 Å². The quantitative estimate of drug-likeness (QED) is 0.468. The van der Waals surface area contributed by atoms with Crippen LogP contribution in [-0.4, -0.2) is 20.9 Å². The first-order valence-electron chi connectivity index (χ1n) is 8.59. The lowest BCUT2D eigenvalue weighted by Crippen LogP contribution is -2.11. The summed E-state index contributed by atoms with van der Waals surface area (Å²) in [4.78, 5) is 14.1. The standard InChI is InChI=1S/C21H13ClN4O2/c22-15-11-17-18(25-26(24-17)14-7-2-1-3-8-14)12-16(15)23-21(27)20-10-13-6-4-5-9-19(13)28-20/h1-12H,(H,23,27). The molecule has 0 saturated carbocycles. The molecule has 5 rings (SSSR count). The number of carbonyl (C=O) groups is 1. The van der Waals surface area contributed by atoms with Crippen molar-refractivity contribution < 1.29 is 9.21 Å². The van der Waals surface area contributed by atoms with E-state index in [1.54, 1.807) is 18.2 Å². The Kier molecular flexibility index (Phi) is 3.84. The summed E-state index contributed by atoms with van der Waals surface area (Å²) in [6.07, 6.45) is 0. The predicted molar refractivity (Wildman–Crippen MR) is 108 cm³/mol. The fraction of sp³-hybridized carbons (Fsp3) is 0. The molecule has 5 aromatic rings. The van der Waals surface area contributed by atoms with Crippen LogP contribution in [0, 0.1) is 0 Å². The molecular formula is C21H13ClN4O2. The molecule has 6 nitrogen and oxygen atoms in total. The van der Waals surface area contributed by atoms with Crippen molar-refractivity contribution in [3.05, 3.63) is 83.6 Å².